The lowest BCUT2D eigenvalue weighted by atomic mass is 10.3. The predicted octanol–water partition coefficient (Wildman–Crippen LogP) is 1.33. The lowest BCUT2D eigenvalue weighted by Crippen LogP contribution is -2.29. The summed E-state index contributed by atoms with van der Waals surface area (Å²) < 4.78 is 22.3. The lowest BCUT2D eigenvalue weighted by Gasteiger charge is -2.11. The maximum atomic E-state index is 11.1. The fraction of sp³-hybridized carbons (Fsp3) is 0.833. The van der Waals surface area contributed by atoms with Gasteiger partial charge in [-0.3, -0.25) is 0 Å². The van der Waals surface area contributed by atoms with Crippen LogP contribution in [0.1, 0.15) is 26.2 Å². The summed E-state index contributed by atoms with van der Waals surface area (Å²) in [4.78, 5) is 10.2. The van der Waals surface area contributed by atoms with Crippen LogP contribution in [0.5, 0.6) is 0 Å². The average Bonchev–Trinajstić information content (AvgIpc) is 2.03. The highest BCUT2D eigenvalue weighted by Gasteiger charge is 2.22. The molecule has 0 aromatic rings. The Morgan fingerprint density at radius 1 is 1.46 bits per heavy atom. The summed E-state index contributed by atoms with van der Waals surface area (Å²) in [5, 5.41) is 8.34. The van der Waals surface area contributed by atoms with Crippen LogP contribution < -0.4 is 0 Å². The summed E-state index contributed by atoms with van der Waals surface area (Å²) >= 11 is 3.35. The summed E-state index contributed by atoms with van der Waals surface area (Å²) in [6.45, 7) is 1.93. The lowest BCUT2D eigenvalue weighted by molar-refractivity contribution is 0.189. The van der Waals surface area contributed by atoms with Gasteiger partial charge in [-0.05, 0) is 19.2 Å². The van der Waals surface area contributed by atoms with Crippen molar-refractivity contribution in [3.63, 3.8) is 0 Å². The standard InChI is InChI=1S/C6H13NO4S2/c1-2-3-4-5-13(10,11)7(12)6(8)9/h12H,2-5H2,1H3,(H,8,9). The normalized spacial score (nSPS) is 11.2. The largest absolute Gasteiger partial charge is 0.464 e. The SMILES string of the molecule is CCCCCS(=O)(=O)N(S)C(=O)O. The first kappa shape index (κ1) is 12.6. The number of thiol groups is 1. The van der Waals surface area contributed by atoms with E-state index in [4.69, 9.17) is 5.11 Å². The van der Waals surface area contributed by atoms with Gasteiger partial charge in [0.1, 0.15) is 0 Å². The number of amides is 1. The van der Waals surface area contributed by atoms with Gasteiger partial charge in [0.15, 0.2) is 0 Å². The van der Waals surface area contributed by atoms with Crippen LogP contribution in [-0.4, -0.2) is 29.1 Å². The Balaban J connectivity index is 4.16. The Labute approximate surface area is 83.3 Å². The van der Waals surface area contributed by atoms with Crippen LogP contribution in [0.2, 0.25) is 0 Å². The highest BCUT2D eigenvalue weighted by Crippen LogP contribution is 2.08. The van der Waals surface area contributed by atoms with Crippen molar-refractivity contribution in [3.05, 3.63) is 0 Å². The molecule has 5 nitrogen and oxygen atoms in total. The summed E-state index contributed by atoms with van der Waals surface area (Å²) in [7, 11) is -3.73. The molecule has 0 saturated heterocycles. The van der Waals surface area contributed by atoms with E-state index >= 15 is 0 Å². The molecule has 0 fully saturated rings. The molecular formula is C6H13NO4S2. The van der Waals surface area contributed by atoms with Crippen molar-refractivity contribution in [2.45, 2.75) is 26.2 Å². The zero-order valence-corrected chi connectivity index (χ0v) is 9.01. The fourth-order valence-corrected chi connectivity index (χ4v) is 1.96. The van der Waals surface area contributed by atoms with Crippen LogP contribution >= 0.6 is 12.8 Å². The highest BCUT2D eigenvalue weighted by molar-refractivity contribution is 8.00. The topological polar surface area (TPSA) is 74.7 Å². The second-order valence-electron chi connectivity index (χ2n) is 2.55. The molecule has 0 aliphatic rings. The molecule has 0 aliphatic heterocycles. The second kappa shape index (κ2) is 5.33. The fourth-order valence-electron chi connectivity index (χ4n) is 0.740. The van der Waals surface area contributed by atoms with Gasteiger partial charge in [-0.15, -0.1) is 3.71 Å². The molecule has 78 valence electrons. The minimum absolute atomic E-state index is 0.0582. The third-order valence-electron chi connectivity index (χ3n) is 1.43. The van der Waals surface area contributed by atoms with Crippen LogP contribution in [0.3, 0.4) is 0 Å². The van der Waals surface area contributed by atoms with E-state index in [2.05, 4.69) is 12.8 Å². The molecule has 0 radical (unpaired) electrons. The van der Waals surface area contributed by atoms with Gasteiger partial charge in [-0.25, -0.2) is 13.2 Å². The van der Waals surface area contributed by atoms with Gasteiger partial charge < -0.3 is 5.11 Å². The quantitative estimate of drug-likeness (QED) is 0.549. The van der Waals surface area contributed by atoms with Gasteiger partial charge in [0.2, 0.25) is 10.0 Å². The number of hydrogen-bond donors (Lipinski definition) is 2. The summed E-state index contributed by atoms with van der Waals surface area (Å²) in [6.07, 6.45) is 0.540. The van der Waals surface area contributed by atoms with Gasteiger partial charge >= 0.3 is 6.09 Å². The molecule has 0 aromatic heterocycles. The number of sulfonamides is 1. The number of unbranched alkanes of at least 4 members (excludes halogenated alkanes) is 2. The highest BCUT2D eigenvalue weighted by atomic mass is 32.3. The molecule has 0 rings (SSSR count). The molecule has 0 bridgehead atoms. The van der Waals surface area contributed by atoms with Crippen molar-refractivity contribution in [2.75, 3.05) is 5.75 Å². The molecule has 7 heteroatoms. The van der Waals surface area contributed by atoms with E-state index in [1.807, 2.05) is 6.92 Å². The maximum Gasteiger partial charge on any atom is 0.431 e. The van der Waals surface area contributed by atoms with E-state index in [1.54, 1.807) is 0 Å². The van der Waals surface area contributed by atoms with Crippen molar-refractivity contribution in [3.8, 4) is 0 Å². The zero-order valence-electron chi connectivity index (χ0n) is 7.30. The van der Waals surface area contributed by atoms with E-state index < -0.39 is 16.1 Å². The number of rotatable bonds is 5. The molecule has 1 amide bonds. The van der Waals surface area contributed by atoms with Crippen LogP contribution in [0, 0.1) is 0 Å². The van der Waals surface area contributed by atoms with Crippen molar-refractivity contribution in [2.24, 2.45) is 0 Å². The van der Waals surface area contributed by atoms with Crippen LogP contribution in [0.25, 0.3) is 0 Å². The third kappa shape index (κ3) is 4.37. The number of carboxylic acid groups (broad SMARTS) is 1. The Kier molecular flexibility index (Phi) is 5.16. The van der Waals surface area contributed by atoms with Gasteiger partial charge in [0, 0.05) is 0 Å². The van der Waals surface area contributed by atoms with Crippen LogP contribution in [-0.2, 0) is 10.0 Å². The molecule has 0 saturated carbocycles. The van der Waals surface area contributed by atoms with Crippen molar-refractivity contribution in [1.82, 2.24) is 3.71 Å². The minimum Gasteiger partial charge on any atom is -0.464 e. The first-order valence-electron chi connectivity index (χ1n) is 3.86. The van der Waals surface area contributed by atoms with E-state index in [9.17, 15) is 13.2 Å². The van der Waals surface area contributed by atoms with Gasteiger partial charge in [-0.2, -0.15) is 0 Å². The molecule has 0 heterocycles. The minimum atomic E-state index is -3.73. The first-order valence-corrected chi connectivity index (χ1v) is 5.87. The molecule has 0 aliphatic carbocycles. The Morgan fingerprint density at radius 2 is 2.00 bits per heavy atom. The molecule has 0 atom stereocenters. The smallest absolute Gasteiger partial charge is 0.431 e. The second-order valence-corrected chi connectivity index (χ2v) is 5.16. The molecule has 0 spiro atoms. The zero-order chi connectivity index (χ0) is 10.5. The number of carbonyl (C=O) groups is 1. The third-order valence-corrected chi connectivity index (χ3v) is 3.84. The average molecular weight is 227 g/mol. The van der Waals surface area contributed by atoms with E-state index in [-0.39, 0.29) is 9.46 Å². The van der Waals surface area contributed by atoms with Crippen LogP contribution in [0.15, 0.2) is 0 Å². The van der Waals surface area contributed by atoms with Gasteiger partial charge in [0.25, 0.3) is 0 Å². The Bertz CT molecular complexity index is 262. The van der Waals surface area contributed by atoms with Crippen molar-refractivity contribution in [1.29, 1.82) is 0 Å². The first-order chi connectivity index (χ1) is 5.91. The Morgan fingerprint density at radius 3 is 2.38 bits per heavy atom. The maximum absolute atomic E-state index is 11.1. The van der Waals surface area contributed by atoms with Gasteiger partial charge in [0.05, 0.1) is 5.75 Å². The molecule has 13 heavy (non-hydrogen) atoms. The van der Waals surface area contributed by atoms with E-state index in [0.717, 1.165) is 12.8 Å². The predicted molar refractivity (Wildman–Crippen MR) is 52.2 cm³/mol. The Hall–Kier alpha value is -0.430. The van der Waals surface area contributed by atoms with E-state index in [1.165, 1.54) is 0 Å². The van der Waals surface area contributed by atoms with Crippen molar-refractivity contribution < 1.29 is 18.3 Å². The van der Waals surface area contributed by atoms with Gasteiger partial charge in [-0.1, -0.05) is 19.8 Å². The van der Waals surface area contributed by atoms with Crippen LogP contribution in [0.4, 0.5) is 4.79 Å². The molecule has 0 unspecified atom stereocenters. The summed E-state index contributed by atoms with van der Waals surface area (Å²) in [5.74, 6) is -0.170. The molecule has 1 N–H and O–H groups in total. The summed E-state index contributed by atoms with van der Waals surface area (Å²) in [5.41, 5.74) is 0. The molecule has 0 aromatic carbocycles. The van der Waals surface area contributed by atoms with Crippen molar-refractivity contribution >= 4 is 28.9 Å². The number of nitrogens with zero attached hydrogens (tertiary/aromatic N) is 1. The number of hydrogen-bond acceptors (Lipinski definition) is 4. The summed E-state index contributed by atoms with van der Waals surface area (Å²) in [6, 6.07) is 0. The monoisotopic (exact) mass is 227 g/mol. The molecular weight excluding hydrogens is 214 g/mol. The van der Waals surface area contributed by atoms with E-state index in [0.29, 0.717) is 6.42 Å².